The number of allylic oxidation sites excluding steroid dienone is 5. The van der Waals surface area contributed by atoms with Crippen LogP contribution in [0.25, 0.3) is 0 Å². The minimum Gasteiger partial charge on any atom is -0.355 e. The summed E-state index contributed by atoms with van der Waals surface area (Å²) in [6.07, 6.45) is 17.0. The molecular weight excluding hydrogens is 487 g/mol. The number of likely N-dealkylation sites (tertiary alicyclic amines) is 1. The third kappa shape index (κ3) is 5.22. The second kappa shape index (κ2) is 11.4. The minimum atomic E-state index is 0.0724. The van der Waals surface area contributed by atoms with Gasteiger partial charge in [-0.05, 0) is 74.6 Å². The molecule has 1 aromatic carbocycles. The molecular formula is C30H38Cl2N4. The summed E-state index contributed by atoms with van der Waals surface area (Å²) in [5.41, 5.74) is 13.3. The lowest BCUT2D eigenvalue weighted by atomic mass is 9.72. The van der Waals surface area contributed by atoms with Crippen LogP contribution in [0.3, 0.4) is 0 Å². The fraction of sp³-hybridized carbons (Fsp3) is 0.433. The number of nitrogens with two attached hydrogens (primary N) is 1. The van der Waals surface area contributed by atoms with Crippen molar-refractivity contribution in [2.45, 2.75) is 66.0 Å². The number of piperidine rings is 1. The summed E-state index contributed by atoms with van der Waals surface area (Å²) in [6, 6.07) is 5.86. The molecule has 1 saturated heterocycles. The molecule has 2 aliphatic heterocycles. The summed E-state index contributed by atoms with van der Waals surface area (Å²) in [6.45, 7) is 11.1. The van der Waals surface area contributed by atoms with Crippen LogP contribution in [0.4, 0.5) is 0 Å². The summed E-state index contributed by atoms with van der Waals surface area (Å²) in [7, 11) is 0. The van der Waals surface area contributed by atoms with Crippen LogP contribution in [0, 0.1) is 5.41 Å². The van der Waals surface area contributed by atoms with Gasteiger partial charge in [-0.3, -0.25) is 0 Å². The first kappa shape index (κ1) is 26.8. The molecule has 0 amide bonds. The molecule has 4 rings (SSSR count). The van der Waals surface area contributed by atoms with E-state index >= 15 is 0 Å². The molecule has 4 nitrogen and oxygen atoms in total. The smallest absolute Gasteiger partial charge is 0.152 e. The number of nitrogens with zero attached hydrogens (tertiary/aromatic N) is 3. The maximum absolute atomic E-state index is 6.98. The standard InChI is InChI=1S/C30H38Cl2N4/c1-5-9-22-19-30(28(33)24(22)18-21(4)6-2)12-15-35(16-13-30)29-26(7-3)36(17-14-34-29)20-23-10-8-11-25(31)27(23)32/h5,7-11,14,17-18,28H,6,12-13,15-16,19-20,33H2,1-4H3/b9-5-,21-18+,26-7-. The van der Waals surface area contributed by atoms with Gasteiger partial charge >= 0.3 is 0 Å². The Kier molecular flexibility index (Phi) is 8.49. The lowest BCUT2D eigenvalue weighted by molar-refractivity contribution is 0.139. The third-order valence-electron chi connectivity index (χ3n) is 7.92. The monoisotopic (exact) mass is 524 g/mol. The second-order valence-electron chi connectivity index (χ2n) is 10.1. The van der Waals surface area contributed by atoms with E-state index < -0.39 is 0 Å². The minimum absolute atomic E-state index is 0.0724. The Morgan fingerprint density at radius 1 is 1.22 bits per heavy atom. The maximum Gasteiger partial charge on any atom is 0.152 e. The number of benzene rings is 1. The van der Waals surface area contributed by atoms with Gasteiger partial charge in [0.2, 0.25) is 0 Å². The number of hydrogen-bond acceptors (Lipinski definition) is 4. The van der Waals surface area contributed by atoms with Crippen LogP contribution in [0.1, 0.15) is 58.9 Å². The highest BCUT2D eigenvalue weighted by Crippen LogP contribution is 2.49. The van der Waals surface area contributed by atoms with Crippen LogP contribution in [-0.2, 0) is 6.54 Å². The summed E-state index contributed by atoms with van der Waals surface area (Å²) in [5.74, 6) is 1.02. The number of hydrogen-bond donors (Lipinski definition) is 1. The molecule has 6 heteroatoms. The Labute approximate surface area is 226 Å². The second-order valence-corrected chi connectivity index (χ2v) is 10.9. The van der Waals surface area contributed by atoms with Crippen LogP contribution in [-0.4, -0.2) is 34.8 Å². The zero-order valence-electron chi connectivity index (χ0n) is 21.9. The maximum atomic E-state index is 6.98. The first-order chi connectivity index (χ1) is 17.3. The number of aliphatic imine (C=N–C) groups is 1. The number of halogens is 2. The van der Waals surface area contributed by atoms with Gasteiger partial charge in [0.15, 0.2) is 5.84 Å². The summed E-state index contributed by atoms with van der Waals surface area (Å²) >= 11 is 12.8. The third-order valence-corrected chi connectivity index (χ3v) is 8.78. The van der Waals surface area contributed by atoms with Gasteiger partial charge in [0, 0.05) is 38.1 Å². The molecule has 2 heterocycles. The highest BCUT2D eigenvalue weighted by molar-refractivity contribution is 6.42. The fourth-order valence-electron chi connectivity index (χ4n) is 5.67. The van der Waals surface area contributed by atoms with Crippen LogP contribution in [0.2, 0.25) is 10.0 Å². The Hall–Kier alpha value is -2.27. The Balaban J connectivity index is 1.49. The van der Waals surface area contributed by atoms with E-state index in [9.17, 15) is 0 Å². The molecule has 192 valence electrons. The quantitative estimate of drug-likeness (QED) is 0.430. The lowest BCUT2D eigenvalue weighted by Crippen LogP contribution is -2.50. The largest absolute Gasteiger partial charge is 0.355 e. The first-order valence-electron chi connectivity index (χ1n) is 13.0. The topological polar surface area (TPSA) is 44.9 Å². The van der Waals surface area contributed by atoms with Crippen molar-refractivity contribution in [2.24, 2.45) is 16.1 Å². The SMILES string of the molecule is C/C=C\C1=C(/C=C(\C)CC)C(N)C2(CCN(C3=NC=CN(Cc4cccc(Cl)c4Cl)/C3=C\C)CC2)C1. The molecule has 2 N–H and O–H groups in total. The van der Waals surface area contributed by atoms with Gasteiger partial charge in [0.25, 0.3) is 0 Å². The molecule has 1 aromatic rings. The Bertz CT molecular complexity index is 1160. The molecule has 0 radical (unpaired) electrons. The van der Waals surface area contributed by atoms with Crippen molar-refractivity contribution in [1.82, 2.24) is 9.80 Å². The van der Waals surface area contributed by atoms with Crippen LogP contribution in [0.15, 0.2) is 82.3 Å². The predicted molar refractivity (Wildman–Crippen MR) is 154 cm³/mol. The fourth-order valence-corrected chi connectivity index (χ4v) is 6.05. The molecule has 1 aliphatic carbocycles. The number of amidine groups is 1. The van der Waals surface area contributed by atoms with E-state index in [0.29, 0.717) is 16.6 Å². The molecule has 1 atom stereocenters. The average Bonchev–Trinajstić information content (AvgIpc) is 3.12. The van der Waals surface area contributed by atoms with Gasteiger partial charge in [0.1, 0.15) is 0 Å². The van der Waals surface area contributed by atoms with E-state index in [1.54, 1.807) is 0 Å². The highest BCUT2D eigenvalue weighted by Gasteiger charge is 2.46. The summed E-state index contributed by atoms with van der Waals surface area (Å²) < 4.78 is 0. The van der Waals surface area contributed by atoms with Gasteiger partial charge in [-0.25, -0.2) is 4.99 Å². The van der Waals surface area contributed by atoms with Gasteiger partial charge in [-0.2, -0.15) is 0 Å². The highest BCUT2D eigenvalue weighted by atomic mass is 35.5. The summed E-state index contributed by atoms with van der Waals surface area (Å²) in [5, 5.41) is 1.18. The molecule has 0 saturated carbocycles. The van der Waals surface area contributed by atoms with Crippen molar-refractivity contribution < 1.29 is 0 Å². The zero-order chi connectivity index (χ0) is 25.9. The first-order valence-corrected chi connectivity index (χ1v) is 13.7. The van der Waals surface area contributed by atoms with Crippen molar-refractivity contribution in [1.29, 1.82) is 0 Å². The van der Waals surface area contributed by atoms with Gasteiger partial charge < -0.3 is 15.5 Å². The van der Waals surface area contributed by atoms with E-state index in [-0.39, 0.29) is 11.5 Å². The molecule has 1 spiro atoms. The van der Waals surface area contributed by atoms with E-state index in [1.807, 2.05) is 30.6 Å². The van der Waals surface area contributed by atoms with Crippen molar-refractivity contribution in [3.63, 3.8) is 0 Å². The Morgan fingerprint density at radius 3 is 2.64 bits per heavy atom. The Morgan fingerprint density at radius 2 is 1.97 bits per heavy atom. The normalized spacial score (nSPS) is 23.5. The average molecular weight is 526 g/mol. The van der Waals surface area contributed by atoms with E-state index in [1.165, 1.54) is 16.7 Å². The van der Waals surface area contributed by atoms with Crippen molar-refractivity contribution in [3.8, 4) is 0 Å². The van der Waals surface area contributed by atoms with E-state index in [0.717, 1.165) is 55.9 Å². The molecule has 3 aliphatic rings. The number of rotatable bonds is 5. The van der Waals surface area contributed by atoms with Gasteiger partial charge in [0.05, 0.1) is 15.7 Å². The van der Waals surface area contributed by atoms with Crippen molar-refractivity contribution >= 4 is 29.0 Å². The van der Waals surface area contributed by atoms with Crippen LogP contribution < -0.4 is 5.73 Å². The summed E-state index contributed by atoms with van der Waals surface area (Å²) in [4.78, 5) is 9.43. The molecule has 0 aromatic heterocycles. The van der Waals surface area contributed by atoms with Crippen LogP contribution >= 0.6 is 23.2 Å². The van der Waals surface area contributed by atoms with Crippen LogP contribution in [0.5, 0.6) is 0 Å². The van der Waals surface area contributed by atoms with Crippen molar-refractivity contribution in [2.75, 3.05) is 13.1 Å². The predicted octanol–water partition coefficient (Wildman–Crippen LogP) is 7.62. The molecule has 36 heavy (non-hydrogen) atoms. The zero-order valence-corrected chi connectivity index (χ0v) is 23.4. The van der Waals surface area contributed by atoms with Gasteiger partial charge in [-0.15, -0.1) is 0 Å². The molecule has 1 unspecified atom stereocenters. The lowest BCUT2D eigenvalue weighted by Gasteiger charge is -2.45. The van der Waals surface area contributed by atoms with E-state index in [4.69, 9.17) is 33.9 Å². The molecule has 0 bridgehead atoms. The van der Waals surface area contributed by atoms with E-state index in [2.05, 4.69) is 61.8 Å². The molecule has 1 fully saturated rings. The van der Waals surface area contributed by atoms with Crippen molar-refractivity contribution in [3.05, 3.63) is 92.9 Å². The van der Waals surface area contributed by atoms with Gasteiger partial charge in [-0.1, -0.05) is 72.1 Å².